The highest BCUT2D eigenvalue weighted by atomic mass is 79.9. The number of methoxy groups -OCH3 is 1. The zero-order valence-electron chi connectivity index (χ0n) is 17.8. The number of aromatic nitrogens is 3. The average molecular weight is 491 g/mol. The third-order valence-electron chi connectivity index (χ3n) is 5.53. The van der Waals surface area contributed by atoms with Crippen LogP contribution in [-0.2, 0) is 4.79 Å². The minimum Gasteiger partial charge on any atom is -0.496 e. The number of allylic oxidation sites excluding steroid dienone is 2. The molecule has 1 aliphatic carbocycles. The molecule has 1 atom stereocenters. The number of thioether (sulfide) groups is 1. The molecular formula is C22H27BrN4O2S. The molecule has 6 nitrogen and oxygen atoms in total. The topological polar surface area (TPSA) is 69.0 Å². The molecule has 0 fully saturated rings. The second-order valence-electron chi connectivity index (χ2n) is 8.61. The fourth-order valence-electron chi connectivity index (χ4n) is 4.16. The van der Waals surface area contributed by atoms with Crippen molar-refractivity contribution in [3.63, 3.8) is 0 Å². The zero-order chi connectivity index (χ0) is 21.5. The number of unbranched alkanes of at least 4 members (excludes halogenated alkanes) is 1. The van der Waals surface area contributed by atoms with Crippen LogP contribution in [0.5, 0.6) is 5.75 Å². The van der Waals surface area contributed by atoms with E-state index in [1.54, 1.807) is 18.9 Å². The number of nitrogens with one attached hydrogen (secondary N) is 1. The van der Waals surface area contributed by atoms with Crippen LogP contribution in [0.25, 0.3) is 0 Å². The van der Waals surface area contributed by atoms with Gasteiger partial charge in [-0.1, -0.05) is 54.9 Å². The number of hydrogen-bond acceptors (Lipinski definition) is 6. The van der Waals surface area contributed by atoms with E-state index >= 15 is 0 Å². The van der Waals surface area contributed by atoms with Crippen LogP contribution in [0.3, 0.4) is 0 Å². The lowest BCUT2D eigenvalue weighted by molar-refractivity contribution is -0.118. The molecule has 4 rings (SSSR count). The molecule has 0 spiro atoms. The first-order chi connectivity index (χ1) is 14.3. The third-order valence-corrected chi connectivity index (χ3v) is 6.95. The van der Waals surface area contributed by atoms with Gasteiger partial charge in [-0.25, -0.2) is 4.68 Å². The van der Waals surface area contributed by atoms with Crippen LogP contribution in [-0.4, -0.2) is 33.4 Å². The Bertz CT molecular complexity index is 1010. The molecule has 1 unspecified atom stereocenters. The molecule has 8 heteroatoms. The summed E-state index contributed by atoms with van der Waals surface area (Å²) in [5, 5.41) is 8.96. The van der Waals surface area contributed by atoms with E-state index in [4.69, 9.17) is 14.8 Å². The maximum absolute atomic E-state index is 13.3. The first-order valence-electron chi connectivity index (χ1n) is 10.3. The fourth-order valence-corrected chi connectivity index (χ4v) is 5.46. The maximum Gasteiger partial charge on any atom is 0.227 e. The van der Waals surface area contributed by atoms with E-state index in [9.17, 15) is 4.79 Å². The quantitative estimate of drug-likeness (QED) is 0.419. The Labute approximate surface area is 190 Å². The number of ether oxygens (including phenoxy) is 1. The molecule has 0 saturated carbocycles. The predicted octanol–water partition coefficient (Wildman–Crippen LogP) is 5.60. The minimum absolute atomic E-state index is 0.0876. The van der Waals surface area contributed by atoms with Gasteiger partial charge in [0.25, 0.3) is 0 Å². The molecule has 1 aliphatic heterocycles. The molecule has 0 saturated heterocycles. The van der Waals surface area contributed by atoms with Crippen LogP contribution in [0.4, 0.5) is 5.95 Å². The summed E-state index contributed by atoms with van der Waals surface area (Å²) in [6.45, 7) is 6.45. The van der Waals surface area contributed by atoms with E-state index in [1.807, 2.05) is 22.9 Å². The lowest BCUT2D eigenvalue weighted by Gasteiger charge is -2.38. The van der Waals surface area contributed by atoms with Gasteiger partial charge < -0.3 is 10.1 Å². The van der Waals surface area contributed by atoms with Crippen molar-refractivity contribution in [2.24, 2.45) is 5.41 Å². The largest absolute Gasteiger partial charge is 0.496 e. The molecule has 1 N–H and O–H groups in total. The number of hydrogen-bond donors (Lipinski definition) is 1. The van der Waals surface area contributed by atoms with Gasteiger partial charge in [-0.2, -0.15) is 4.98 Å². The summed E-state index contributed by atoms with van der Waals surface area (Å²) in [5.74, 6) is 2.55. The molecule has 160 valence electrons. The first kappa shape index (κ1) is 21.4. The van der Waals surface area contributed by atoms with E-state index in [-0.39, 0.29) is 17.2 Å². The van der Waals surface area contributed by atoms with Crippen molar-refractivity contribution >= 4 is 39.4 Å². The Morgan fingerprint density at radius 2 is 2.17 bits per heavy atom. The Kier molecular flexibility index (Phi) is 5.99. The number of fused-ring (bicyclic) bond motifs is 1. The molecule has 2 aliphatic rings. The number of carbonyl (C=O) groups is 1. The van der Waals surface area contributed by atoms with E-state index in [0.717, 1.165) is 57.2 Å². The summed E-state index contributed by atoms with van der Waals surface area (Å²) in [7, 11) is 1.66. The van der Waals surface area contributed by atoms with Crippen LogP contribution < -0.4 is 10.1 Å². The summed E-state index contributed by atoms with van der Waals surface area (Å²) >= 11 is 5.23. The van der Waals surface area contributed by atoms with Crippen LogP contribution >= 0.6 is 27.7 Å². The summed E-state index contributed by atoms with van der Waals surface area (Å²) in [5.41, 5.74) is 2.54. The van der Waals surface area contributed by atoms with Gasteiger partial charge in [0.2, 0.25) is 11.1 Å². The Morgan fingerprint density at radius 1 is 1.37 bits per heavy atom. The van der Waals surface area contributed by atoms with E-state index < -0.39 is 0 Å². The van der Waals surface area contributed by atoms with Gasteiger partial charge in [0, 0.05) is 33.5 Å². The lowest BCUT2D eigenvalue weighted by atomic mass is 9.73. The van der Waals surface area contributed by atoms with Gasteiger partial charge in [0.05, 0.1) is 7.11 Å². The van der Waals surface area contributed by atoms with Gasteiger partial charge in [-0.15, -0.1) is 5.10 Å². The molecule has 2 heterocycles. The van der Waals surface area contributed by atoms with Crippen molar-refractivity contribution in [1.82, 2.24) is 14.8 Å². The summed E-state index contributed by atoms with van der Waals surface area (Å²) < 4.78 is 8.46. The monoisotopic (exact) mass is 490 g/mol. The van der Waals surface area contributed by atoms with Crippen LogP contribution in [0, 0.1) is 5.41 Å². The van der Waals surface area contributed by atoms with Crippen LogP contribution in [0.1, 0.15) is 58.1 Å². The van der Waals surface area contributed by atoms with Gasteiger partial charge in [0.15, 0.2) is 5.78 Å². The van der Waals surface area contributed by atoms with E-state index in [0.29, 0.717) is 12.4 Å². The highest BCUT2D eigenvalue weighted by Gasteiger charge is 2.42. The van der Waals surface area contributed by atoms with Crippen molar-refractivity contribution in [3.8, 4) is 5.75 Å². The summed E-state index contributed by atoms with van der Waals surface area (Å²) in [6, 6.07) is 5.52. The Morgan fingerprint density at radius 3 is 2.90 bits per heavy atom. The second-order valence-corrected chi connectivity index (χ2v) is 10.6. The van der Waals surface area contributed by atoms with Gasteiger partial charge >= 0.3 is 0 Å². The van der Waals surface area contributed by atoms with Crippen LogP contribution in [0.2, 0.25) is 0 Å². The molecule has 2 aromatic rings. The average Bonchev–Trinajstić information content (AvgIpc) is 3.08. The van der Waals surface area contributed by atoms with E-state index in [2.05, 4.69) is 42.0 Å². The van der Waals surface area contributed by atoms with Crippen molar-refractivity contribution in [2.75, 3.05) is 18.2 Å². The van der Waals surface area contributed by atoms with E-state index in [1.165, 1.54) is 0 Å². The standard InChI is InChI=1S/C22H27BrN4O2S/c1-5-6-9-30-21-25-20-24-15-11-22(2,3)12-16(28)18(15)19(27(20)26-21)14-10-13(23)7-8-17(14)29-4/h7-8,10,19H,5-6,9,11-12H2,1-4H3,(H,24,25,26). The number of carbonyl (C=O) groups excluding carboxylic acids is 1. The smallest absolute Gasteiger partial charge is 0.227 e. The number of rotatable bonds is 6. The fraction of sp³-hybridized carbons (Fsp3) is 0.500. The number of Topliss-reactive ketones (excluding diaryl/α,β-unsaturated/α-hetero) is 1. The Balaban J connectivity index is 1.85. The number of halogens is 1. The van der Waals surface area contributed by atoms with Crippen molar-refractivity contribution in [3.05, 3.63) is 39.5 Å². The number of nitrogens with zero attached hydrogens (tertiary/aromatic N) is 3. The lowest BCUT2D eigenvalue weighted by Crippen LogP contribution is -2.36. The molecular weight excluding hydrogens is 464 g/mol. The summed E-state index contributed by atoms with van der Waals surface area (Å²) in [4.78, 5) is 18.1. The van der Waals surface area contributed by atoms with Crippen molar-refractivity contribution in [2.45, 2.75) is 57.7 Å². The second kappa shape index (κ2) is 8.38. The third kappa shape index (κ3) is 4.04. The van der Waals surface area contributed by atoms with Gasteiger partial charge in [0.1, 0.15) is 11.8 Å². The first-order valence-corrected chi connectivity index (χ1v) is 12.1. The highest BCUT2D eigenvalue weighted by Crippen LogP contribution is 2.47. The van der Waals surface area contributed by atoms with Gasteiger partial charge in [-0.3, -0.25) is 4.79 Å². The van der Waals surface area contributed by atoms with Crippen LogP contribution in [0.15, 0.2) is 39.1 Å². The van der Waals surface area contributed by atoms with Crippen molar-refractivity contribution in [1.29, 1.82) is 0 Å². The normalized spacial score (nSPS) is 19.9. The number of anilines is 1. The maximum atomic E-state index is 13.3. The highest BCUT2D eigenvalue weighted by molar-refractivity contribution is 9.10. The SMILES string of the molecule is CCCCSc1nc2n(n1)C(c1cc(Br)ccc1OC)C1=C(CC(C)(C)CC1=O)N2. The molecule has 0 radical (unpaired) electrons. The molecule has 30 heavy (non-hydrogen) atoms. The minimum atomic E-state index is -0.361. The molecule has 0 bridgehead atoms. The number of ketones is 1. The van der Waals surface area contributed by atoms with Gasteiger partial charge in [-0.05, 0) is 36.5 Å². The Hall–Kier alpha value is -1.80. The van der Waals surface area contributed by atoms with Crippen molar-refractivity contribution < 1.29 is 9.53 Å². The zero-order valence-corrected chi connectivity index (χ0v) is 20.2. The predicted molar refractivity (Wildman–Crippen MR) is 123 cm³/mol. The number of benzene rings is 1. The molecule has 1 aromatic carbocycles. The molecule has 0 amide bonds. The summed E-state index contributed by atoms with van der Waals surface area (Å²) in [6.07, 6.45) is 3.57. The molecule has 1 aromatic heterocycles.